The maximum Gasteiger partial charge on any atom is 0.266 e. The van der Waals surface area contributed by atoms with Crippen LogP contribution >= 0.6 is 24.0 Å². The Morgan fingerprint density at radius 3 is 2.73 bits per heavy atom. The fourth-order valence-corrected chi connectivity index (χ4v) is 3.90. The smallest absolute Gasteiger partial charge is 0.266 e. The maximum absolute atomic E-state index is 12.5. The van der Waals surface area contributed by atoms with Gasteiger partial charge in [-0.2, -0.15) is 0 Å². The number of hydrogen-bond acceptors (Lipinski definition) is 4. The van der Waals surface area contributed by atoms with E-state index in [0.717, 1.165) is 29.7 Å². The minimum atomic E-state index is 0.00376. The number of rotatable bonds is 7. The minimum absolute atomic E-state index is 0.00376. The monoisotopic (exact) mass is 383 g/mol. The number of ether oxygens (including phenoxy) is 1. The molecule has 3 rings (SSSR count). The maximum atomic E-state index is 12.5. The zero-order valence-corrected chi connectivity index (χ0v) is 16.3. The number of thiocarbonyl (C=S) groups is 1. The van der Waals surface area contributed by atoms with Crippen molar-refractivity contribution in [2.45, 2.75) is 26.4 Å². The van der Waals surface area contributed by atoms with Crippen LogP contribution in [0.5, 0.6) is 5.75 Å². The molecule has 1 aliphatic heterocycles. The first-order valence-electron chi connectivity index (χ1n) is 8.69. The molecule has 0 unspecified atom stereocenters. The molecule has 5 heteroatoms. The number of nitrogens with zero attached hydrogens (tertiary/aromatic N) is 1. The van der Waals surface area contributed by atoms with Gasteiger partial charge in [0.25, 0.3) is 5.91 Å². The van der Waals surface area contributed by atoms with Crippen molar-refractivity contribution in [2.24, 2.45) is 0 Å². The van der Waals surface area contributed by atoms with Crippen LogP contribution in [0.3, 0.4) is 0 Å². The highest BCUT2D eigenvalue weighted by atomic mass is 32.2. The molecule has 1 aliphatic rings. The SMILES string of the molecule is CCCCN1C(=O)/C(=C\c2cccc(OCc3ccccc3)c2)SC1=S. The fraction of sp³-hybridized carbons (Fsp3) is 0.238. The van der Waals surface area contributed by atoms with Crippen LogP contribution in [-0.2, 0) is 11.4 Å². The molecule has 0 aliphatic carbocycles. The Balaban J connectivity index is 1.69. The van der Waals surface area contributed by atoms with Crippen molar-refractivity contribution in [1.82, 2.24) is 4.90 Å². The number of carbonyl (C=O) groups is 1. The third-order valence-corrected chi connectivity index (χ3v) is 5.39. The predicted molar refractivity (Wildman–Crippen MR) is 112 cm³/mol. The number of unbranched alkanes of at least 4 members (excludes halogenated alkanes) is 1. The molecule has 0 atom stereocenters. The molecular weight excluding hydrogens is 362 g/mol. The molecule has 1 heterocycles. The summed E-state index contributed by atoms with van der Waals surface area (Å²) in [4.78, 5) is 14.9. The van der Waals surface area contributed by atoms with Gasteiger partial charge in [0.1, 0.15) is 16.7 Å². The van der Waals surface area contributed by atoms with E-state index in [0.29, 0.717) is 22.4 Å². The van der Waals surface area contributed by atoms with Gasteiger partial charge in [-0.3, -0.25) is 9.69 Å². The van der Waals surface area contributed by atoms with Crippen molar-refractivity contribution in [3.8, 4) is 5.75 Å². The summed E-state index contributed by atoms with van der Waals surface area (Å²) >= 11 is 6.72. The first kappa shape index (κ1) is 18.7. The van der Waals surface area contributed by atoms with E-state index in [4.69, 9.17) is 17.0 Å². The molecule has 3 nitrogen and oxygen atoms in total. The third-order valence-electron chi connectivity index (χ3n) is 4.01. The van der Waals surface area contributed by atoms with E-state index in [1.54, 1.807) is 4.90 Å². The third kappa shape index (κ3) is 4.74. The first-order chi connectivity index (χ1) is 12.7. The average Bonchev–Trinajstić information content (AvgIpc) is 2.92. The highest BCUT2D eigenvalue weighted by Gasteiger charge is 2.31. The van der Waals surface area contributed by atoms with Crippen molar-refractivity contribution in [3.05, 3.63) is 70.6 Å². The van der Waals surface area contributed by atoms with E-state index in [9.17, 15) is 4.79 Å². The zero-order chi connectivity index (χ0) is 18.4. The van der Waals surface area contributed by atoms with Crippen molar-refractivity contribution in [3.63, 3.8) is 0 Å². The molecule has 1 amide bonds. The molecule has 0 spiro atoms. The molecule has 1 fully saturated rings. The van der Waals surface area contributed by atoms with Crippen molar-refractivity contribution < 1.29 is 9.53 Å². The van der Waals surface area contributed by atoms with Crippen LogP contribution in [0.4, 0.5) is 0 Å². The van der Waals surface area contributed by atoms with Crippen LogP contribution in [0.25, 0.3) is 6.08 Å². The summed E-state index contributed by atoms with van der Waals surface area (Å²) in [6, 6.07) is 17.8. The summed E-state index contributed by atoms with van der Waals surface area (Å²) in [6.07, 6.45) is 3.89. The lowest BCUT2D eigenvalue weighted by molar-refractivity contribution is -0.122. The van der Waals surface area contributed by atoms with Crippen molar-refractivity contribution in [1.29, 1.82) is 0 Å². The summed E-state index contributed by atoms with van der Waals surface area (Å²) in [7, 11) is 0. The van der Waals surface area contributed by atoms with Gasteiger partial charge in [0.05, 0.1) is 4.91 Å². The molecule has 0 bridgehead atoms. The van der Waals surface area contributed by atoms with Crippen LogP contribution in [0, 0.1) is 0 Å². The molecule has 0 radical (unpaired) electrons. The normalized spacial score (nSPS) is 15.7. The van der Waals surface area contributed by atoms with E-state index in [1.807, 2.05) is 60.7 Å². The van der Waals surface area contributed by atoms with Gasteiger partial charge in [-0.25, -0.2) is 0 Å². The van der Waals surface area contributed by atoms with Gasteiger partial charge in [0, 0.05) is 6.54 Å². The topological polar surface area (TPSA) is 29.5 Å². The second-order valence-electron chi connectivity index (χ2n) is 6.03. The number of thioether (sulfide) groups is 1. The lowest BCUT2D eigenvalue weighted by atomic mass is 10.2. The van der Waals surface area contributed by atoms with Gasteiger partial charge >= 0.3 is 0 Å². The van der Waals surface area contributed by atoms with E-state index >= 15 is 0 Å². The van der Waals surface area contributed by atoms with Gasteiger partial charge in [0.15, 0.2) is 0 Å². The fourth-order valence-electron chi connectivity index (χ4n) is 2.60. The van der Waals surface area contributed by atoms with Crippen molar-refractivity contribution in [2.75, 3.05) is 6.54 Å². The second kappa shape index (κ2) is 9.01. The molecule has 26 heavy (non-hydrogen) atoms. The van der Waals surface area contributed by atoms with Crippen LogP contribution < -0.4 is 4.74 Å². The van der Waals surface area contributed by atoms with Gasteiger partial charge < -0.3 is 4.74 Å². The number of hydrogen-bond donors (Lipinski definition) is 0. The van der Waals surface area contributed by atoms with Crippen LogP contribution in [0.15, 0.2) is 59.5 Å². The molecule has 0 aromatic heterocycles. The summed E-state index contributed by atoms with van der Waals surface area (Å²) in [5.74, 6) is 0.785. The standard InChI is InChI=1S/C21H21NO2S2/c1-2-3-12-22-20(23)19(26-21(22)25)14-17-10-7-11-18(13-17)24-15-16-8-5-4-6-9-16/h4-11,13-14H,2-3,12,15H2,1H3/b19-14+. The van der Waals surface area contributed by atoms with Crippen LogP contribution in [-0.4, -0.2) is 21.7 Å². The largest absolute Gasteiger partial charge is 0.489 e. The Bertz CT molecular complexity index is 818. The Labute approximate surface area is 164 Å². The molecule has 0 saturated carbocycles. The van der Waals surface area contributed by atoms with Gasteiger partial charge in [-0.05, 0) is 35.8 Å². The molecule has 2 aromatic carbocycles. The predicted octanol–water partition coefficient (Wildman–Crippen LogP) is 5.27. The van der Waals surface area contributed by atoms with E-state index in [1.165, 1.54) is 11.8 Å². The Hall–Kier alpha value is -2.11. The number of amides is 1. The molecule has 1 saturated heterocycles. The Morgan fingerprint density at radius 1 is 1.15 bits per heavy atom. The highest BCUT2D eigenvalue weighted by Crippen LogP contribution is 2.33. The number of carbonyl (C=O) groups excluding carboxylic acids is 1. The molecule has 134 valence electrons. The van der Waals surface area contributed by atoms with Crippen molar-refractivity contribution >= 4 is 40.3 Å². The second-order valence-corrected chi connectivity index (χ2v) is 7.71. The van der Waals surface area contributed by atoms with Crippen LogP contribution in [0.2, 0.25) is 0 Å². The average molecular weight is 384 g/mol. The minimum Gasteiger partial charge on any atom is -0.489 e. The van der Waals surface area contributed by atoms with Crippen LogP contribution in [0.1, 0.15) is 30.9 Å². The van der Waals surface area contributed by atoms with Gasteiger partial charge in [0.2, 0.25) is 0 Å². The summed E-state index contributed by atoms with van der Waals surface area (Å²) in [5, 5.41) is 0. The Morgan fingerprint density at radius 2 is 1.96 bits per heavy atom. The molecule has 2 aromatic rings. The van der Waals surface area contributed by atoms with Gasteiger partial charge in [-0.15, -0.1) is 0 Å². The summed E-state index contributed by atoms with van der Waals surface area (Å²) in [5.41, 5.74) is 2.06. The molecular formula is C21H21NO2S2. The Kier molecular flexibility index (Phi) is 6.47. The lowest BCUT2D eigenvalue weighted by Crippen LogP contribution is -2.28. The quantitative estimate of drug-likeness (QED) is 0.481. The van der Waals surface area contributed by atoms with E-state index in [2.05, 4.69) is 6.92 Å². The zero-order valence-electron chi connectivity index (χ0n) is 14.7. The lowest BCUT2D eigenvalue weighted by Gasteiger charge is -2.13. The molecule has 0 N–H and O–H groups in total. The first-order valence-corrected chi connectivity index (χ1v) is 9.92. The van der Waals surface area contributed by atoms with Gasteiger partial charge in [-0.1, -0.05) is 79.8 Å². The van der Waals surface area contributed by atoms with E-state index < -0.39 is 0 Å². The summed E-state index contributed by atoms with van der Waals surface area (Å²) < 4.78 is 6.51. The van der Waals surface area contributed by atoms with E-state index in [-0.39, 0.29) is 5.91 Å². The summed E-state index contributed by atoms with van der Waals surface area (Å²) in [6.45, 7) is 3.32. The number of benzene rings is 2. The highest BCUT2D eigenvalue weighted by molar-refractivity contribution is 8.26.